The van der Waals surface area contributed by atoms with E-state index in [0.717, 1.165) is 36.4 Å². The number of aromatic nitrogens is 2. The first-order chi connectivity index (χ1) is 10.0. The zero-order chi connectivity index (χ0) is 17.0. The molecule has 6 heteroatoms. The largest absolute Gasteiger partial charge is 0.283 e. The van der Waals surface area contributed by atoms with E-state index >= 15 is 0 Å². The highest BCUT2D eigenvalue weighted by molar-refractivity contribution is 9.10. The molecule has 0 radical (unpaired) electrons. The lowest BCUT2D eigenvalue weighted by atomic mass is 9.95. The molecule has 1 aromatic heterocycles. The van der Waals surface area contributed by atoms with E-state index in [1.165, 1.54) is 0 Å². The molecule has 4 nitrogen and oxygen atoms in total. The molecule has 22 heavy (non-hydrogen) atoms. The van der Waals surface area contributed by atoms with Gasteiger partial charge in [0, 0.05) is 0 Å². The van der Waals surface area contributed by atoms with Crippen LogP contribution in [0.15, 0.2) is 9.37 Å². The lowest BCUT2D eigenvalue weighted by Crippen LogP contribution is -2.20. The van der Waals surface area contributed by atoms with Crippen LogP contribution in [0.2, 0.25) is 0 Å². The van der Waals surface area contributed by atoms with Gasteiger partial charge in [-0.3, -0.25) is 0 Å². The van der Waals surface area contributed by atoms with Crippen molar-refractivity contribution >= 4 is 26.0 Å². The quantitative estimate of drug-likeness (QED) is 0.784. The first-order valence-corrected chi connectivity index (χ1v) is 9.29. The Hall–Kier alpha value is -1.14. The molecule has 0 bridgehead atoms. The molecule has 0 saturated heterocycles. The first kappa shape index (κ1) is 17.2. The van der Waals surface area contributed by atoms with Crippen molar-refractivity contribution in [2.24, 2.45) is 0 Å². The zero-order valence-electron chi connectivity index (χ0n) is 14.0. The van der Waals surface area contributed by atoms with Gasteiger partial charge in [-0.15, -0.1) is 0 Å². The molecule has 0 unspecified atom stereocenters. The van der Waals surface area contributed by atoms with Gasteiger partial charge in [0.05, 0.1) is 20.8 Å². The van der Waals surface area contributed by atoms with Gasteiger partial charge in [0.15, 0.2) is 0 Å². The number of nitrogens with zero attached hydrogens (tertiary/aromatic N) is 2. The van der Waals surface area contributed by atoms with Crippen LogP contribution < -0.4 is 0 Å². The Balaban J connectivity index is 2.89. The van der Waals surface area contributed by atoms with Crippen LogP contribution in [0.4, 0.5) is 0 Å². The molecule has 1 heterocycles. The minimum Gasteiger partial charge on any atom is -0.199 e. The standard InChI is InChI=1S/C16H21BrN2O2S/c1-8-9(2)11(4)16(12(5)10(8)3)22(20,21)19-14(7)15(17)13(6)18-19/h1-7H3. The monoisotopic (exact) mass is 384 g/mol. The highest BCUT2D eigenvalue weighted by Crippen LogP contribution is 2.32. The third-order valence-electron chi connectivity index (χ3n) is 4.58. The molecule has 0 aliphatic heterocycles. The topological polar surface area (TPSA) is 52.0 Å². The summed E-state index contributed by atoms with van der Waals surface area (Å²) in [6, 6.07) is 0. The third kappa shape index (κ3) is 2.33. The Morgan fingerprint density at radius 3 is 1.59 bits per heavy atom. The second kappa shape index (κ2) is 5.49. The van der Waals surface area contributed by atoms with E-state index in [9.17, 15) is 8.42 Å². The molecular formula is C16H21BrN2O2S. The molecule has 2 rings (SSSR count). The van der Waals surface area contributed by atoms with E-state index in [0.29, 0.717) is 16.3 Å². The van der Waals surface area contributed by atoms with E-state index in [-0.39, 0.29) is 0 Å². The predicted molar refractivity (Wildman–Crippen MR) is 92.1 cm³/mol. The van der Waals surface area contributed by atoms with Crippen LogP contribution in [0.3, 0.4) is 0 Å². The van der Waals surface area contributed by atoms with Crippen LogP contribution in [-0.2, 0) is 10.0 Å². The fourth-order valence-electron chi connectivity index (χ4n) is 2.77. The SMILES string of the molecule is Cc1nn(S(=O)(=O)c2c(C)c(C)c(C)c(C)c2C)c(C)c1Br. The zero-order valence-corrected chi connectivity index (χ0v) is 16.4. The Morgan fingerprint density at radius 2 is 1.23 bits per heavy atom. The van der Waals surface area contributed by atoms with E-state index < -0.39 is 10.0 Å². The van der Waals surface area contributed by atoms with Gasteiger partial charge < -0.3 is 0 Å². The lowest BCUT2D eigenvalue weighted by Gasteiger charge is -2.19. The number of hydrogen-bond donors (Lipinski definition) is 0. The summed E-state index contributed by atoms with van der Waals surface area (Å²) in [5, 5.41) is 4.20. The summed E-state index contributed by atoms with van der Waals surface area (Å²) in [4.78, 5) is 0.367. The Labute approximate surface area is 140 Å². The predicted octanol–water partition coefficient (Wildman–Crippen LogP) is 4.04. The van der Waals surface area contributed by atoms with Crippen molar-refractivity contribution in [1.29, 1.82) is 0 Å². The summed E-state index contributed by atoms with van der Waals surface area (Å²) >= 11 is 3.39. The van der Waals surface area contributed by atoms with Crippen LogP contribution in [0, 0.1) is 48.5 Å². The molecule has 0 N–H and O–H groups in total. The number of benzene rings is 1. The van der Waals surface area contributed by atoms with E-state index in [1.807, 2.05) is 34.6 Å². The van der Waals surface area contributed by atoms with Gasteiger partial charge in [-0.25, -0.2) is 0 Å². The molecule has 120 valence electrons. The fraction of sp³-hybridized carbons (Fsp3) is 0.438. The summed E-state index contributed by atoms with van der Waals surface area (Å²) in [7, 11) is -3.72. The number of halogens is 1. The Bertz CT molecular complexity index is 851. The number of rotatable bonds is 2. The van der Waals surface area contributed by atoms with Gasteiger partial charge in [-0.1, -0.05) is 0 Å². The number of hydrogen-bond acceptors (Lipinski definition) is 3. The minimum atomic E-state index is -3.72. The smallest absolute Gasteiger partial charge is 0.199 e. The van der Waals surface area contributed by atoms with Gasteiger partial charge in [-0.2, -0.15) is 17.6 Å². The van der Waals surface area contributed by atoms with Crippen molar-refractivity contribution in [3.8, 4) is 0 Å². The van der Waals surface area contributed by atoms with Crippen LogP contribution in [0.1, 0.15) is 39.2 Å². The van der Waals surface area contributed by atoms with Crippen LogP contribution in [0.25, 0.3) is 0 Å². The van der Waals surface area contributed by atoms with Crippen molar-refractivity contribution < 1.29 is 8.42 Å². The summed E-state index contributed by atoms with van der Waals surface area (Å²) in [5.41, 5.74) is 6.02. The third-order valence-corrected chi connectivity index (χ3v) is 7.67. The highest BCUT2D eigenvalue weighted by atomic mass is 79.9. The van der Waals surface area contributed by atoms with Crippen LogP contribution >= 0.6 is 15.9 Å². The highest BCUT2D eigenvalue weighted by Gasteiger charge is 2.28. The molecule has 0 atom stereocenters. The van der Waals surface area contributed by atoms with Gasteiger partial charge >= 0.3 is 0 Å². The summed E-state index contributed by atoms with van der Waals surface area (Å²) in [5.74, 6) is 0. The van der Waals surface area contributed by atoms with Crippen molar-refractivity contribution in [3.63, 3.8) is 0 Å². The van der Waals surface area contributed by atoms with E-state index in [1.54, 1.807) is 13.8 Å². The fourth-order valence-corrected chi connectivity index (χ4v) is 5.07. The summed E-state index contributed by atoms with van der Waals surface area (Å²) < 4.78 is 28.2. The second-order valence-corrected chi connectivity index (χ2v) is 8.28. The molecule has 0 fully saturated rings. The van der Waals surface area contributed by atoms with Gasteiger partial charge in [0.1, 0.15) is 0 Å². The normalized spacial score (nSPS) is 12.0. The molecular weight excluding hydrogens is 364 g/mol. The molecule has 2 aromatic rings. The van der Waals surface area contributed by atoms with Crippen molar-refractivity contribution in [2.45, 2.75) is 53.4 Å². The van der Waals surface area contributed by atoms with Gasteiger partial charge in [0.25, 0.3) is 10.0 Å². The average Bonchev–Trinajstić information content (AvgIpc) is 2.71. The molecule has 0 saturated carbocycles. The molecule has 0 amide bonds. The van der Waals surface area contributed by atoms with Crippen molar-refractivity contribution in [2.75, 3.05) is 0 Å². The summed E-state index contributed by atoms with van der Waals surface area (Å²) in [6.45, 7) is 13.2. The van der Waals surface area contributed by atoms with E-state index in [4.69, 9.17) is 0 Å². The number of aryl methyl sites for hydroxylation is 1. The van der Waals surface area contributed by atoms with Crippen LogP contribution in [0.5, 0.6) is 0 Å². The molecule has 0 spiro atoms. The van der Waals surface area contributed by atoms with Crippen molar-refractivity contribution in [1.82, 2.24) is 9.19 Å². The Kier molecular flexibility index (Phi) is 4.30. The van der Waals surface area contributed by atoms with E-state index in [2.05, 4.69) is 21.0 Å². The van der Waals surface area contributed by atoms with Gasteiger partial charge in [0.2, 0.25) is 0 Å². The molecule has 0 aliphatic carbocycles. The maximum Gasteiger partial charge on any atom is 0.283 e. The lowest BCUT2D eigenvalue weighted by molar-refractivity contribution is 0.576. The maximum atomic E-state index is 13.2. The van der Waals surface area contributed by atoms with Gasteiger partial charge in [-0.05, 0) is 92.2 Å². The summed E-state index contributed by atoms with van der Waals surface area (Å²) in [6.07, 6.45) is 0. The molecule has 1 aromatic carbocycles. The van der Waals surface area contributed by atoms with Crippen LogP contribution in [-0.4, -0.2) is 17.6 Å². The maximum absolute atomic E-state index is 13.2. The average molecular weight is 385 g/mol. The molecule has 0 aliphatic rings. The first-order valence-electron chi connectivity index (χ1n) is 7.06. The second-order valence-electron chi connectivity index (χ2n) is 5.79. The Morgan fingerprint density at radius 1 is 0.818 bits per heavy atom. The minimum absolute atomic E-state index is 0.367. The van der Waals surface area contributed by atoms with Crippen molar-refractivity contribution in [3.05, 3.63) is 43.7 Å².